The third kappa shape index (κ3) is 1.86. The summed E-state index contributed by atoms with van der Waals surface area (Å²) in [6, 6.07) is 0. The van der Waals surface area contributed by atoms with E-state index in [1.165, 1.54) is 51.4 Å². The van der Waals surface area contributed by atoms with Crippen LogP contribution in [0.5, 0.6) is 0 Å². The van der Waals surface area contributed by atoms with Gasteiger partial charge < -0.3 is 0 Å². The monoisotopic (exact) mass is 286 g/mol. The fourth-order valence-corrected chi connectivity index (χ4v) is 7.11. The number of hydrogen-bond acceptors (Lipinski definition) is 0. The quantitative estimate of drug-likeness (QED) is 0.464. The minimum absolute atomic E-state index is 0.572. The van der Waals surface area contributed by atoms with Crippen LogP contribution in [0.4, 0.5) is 0 Å². The molecule has 0 bridgehead atoms. The maximum atomic E-state index is 2.71. The number of rotatable bonds is 0. The minimum atomic E-state index is 0.572. The highest BCUT2D eigenvalue weighted by molar-refractivity contribution is 5.24. The Hall–Kier alpha value is -0.260. The van der Waals surface area contributed by atoms with Gasteiger partial charge in [-0.15, -0.1) is 0 Å². The zero-order valence-electron chi connectivity index (χ0n) is 14.6. The van der Waals surface area contributed by atoms with Gasteiger partial charge in [-0.05, 0) is 91.8 Å². The summed E-state index contributed by atoms with van der Waals surface area (Å²) in [6.45, 7) is 10.3. The van der Waals surface area contributed by atoms with Crippen LogP contribution in [0.15, 0.2) is 11.6 Å². The second kappa shape index (κ2) is 4.62. The Kier molecular flexibility index (Phi) is 3.15. The van der Waals surface area contributed by atoms with E-state index >= 15 is 0 Å². The van der Waals surface area contributed by atoms with Crippen molar-refractivity contribution in [2.24, 2.45) is 40.4 Å². The maximum Gasteiger partial charge on any atom is -0.00851 e. The van der Waals surface area contributed by atoms with Crippen molar-refractivity contribution in [3.8, 4) is 0 Å². The van der Waals surface area contributed by atoms with Crippen LogP contribution in [0.3, 0.4) is 0 Å². The summed E-state index contributed by atoms with van der Waals surface area (Å²) in [4.78, 5) is 0. The van der Waals surface area contributed by atoms with Gasteiger partial charge in [0.05, 0.1) is 0 Å². The van der Waals surface area contributed by atoms with Crippen LogP contribution in [0.1, 0.15) is 79.1 Å². The van der Waals surface area contributed by atoms with Crippen molar-refractivity contribution in [1.29, 1.82) is 0 Å². The molecule has 4 unspecified atom stereocenters. The molecule has 0 aromatic heterocycles. The van der Waals surface area contributed by atoms with Crippen LogP contribution in [-0.2, 0) is 0 Å². The number of allylic oxidation sites excluding steroid dienone is 2. The molecule has 4 rings (SSSR count). The summed E-state index contributed by atoms with van der Waals surface area (Å²) in [7, 11) is 0. The Morgan fingerprint density at radius 3 is 2.57 bits per heavy atom. The average molecular weight is 287 g/mol. The van der Waals surface area contributed by atoms with Gasteiger partial charge >= 0.3 is 0 Å². The third-order valence-electron chi connectivity index (χ3n) is 8.82. The van der Waals surface area contributed by atoms with Crippen LogP contribution in [0.25, 0.3) is 0 Å². The first-order chi connectivity index (χ1) is 9.95. The molecule has 0 aliphatic heterocycles. The summed E-state index contributed by atoms with van der Waals surface area (Å²) in [5.41, 5.74) is 3.10. The van der Waals surface area contributed by atoms with E-state index in [1.807, 2.05) is 5.57 Å². The van der Waals surface area contributed by atoms with E-state index in [2.05, 4.69) is 33.8 Å². The molecule has 21 heavy (non-hydrogen) atoms. The van der Waals surface area contributed by atoms with Crippen molar-refractivity contribution in [2.45, 2.75) is 79.1 Å². The molecule has 0 saturated heterocycles. The Morgan fingerprint density at radius 1 is 0.952 bits per heavy atom. The zero-order valence-corrected chi connectivity index (χ0v) is 14.6. The Bertz CT molecular complexity index is 461. The molecule has 0 spiro atoms. The van der Waals surface area contributed by atoms with Crippen molar-refractivity contribution >= 4 is 0 Å². The average Bonchev–Trinajstić information content (AvgIpc) is 2.76. The smallest absolute Gasteiger partial charge is 0.00851 e. The predicted octanol–water partition coefficient (Wildman–Crippen LogP) is 6.22. The Morgan fingerprint density at radius 2 is 1.76 bits per heavy atom. The lowest BCUT2D eigenvalue weighted by atomic mass is 9.47. The van der Waals surface area contributed by atoms with E-state index in [0.717, 1.165) is 29.6 Å². The van der Waals surface area contributed by atoms with Crippen LogP contribution in [0, 0.1) is 40.4 Å². The summed E-state index contributed by atoms with van der Waals surface area (Å²) in [6.07, 6.45) is 14.5. The van der Waals surface area contributed by atoms with E-state index in [9.17, 15) is 0 Å². The molecule has 0 aromatic rings. The molecule has 0 amide bonds. The van der Waals surface area contributed by atoms with Crippen molar-refractivity contribution in [1.82, 2.24) is 0 Å². The predicted molar refractivity (Wildman–Crippen MR) is 90.0 cm³/mol. The van der Waals surface area contributed by atoms with Gasteiger partial charge in [0.2, 0.25) is 0 Å². The number of fused-ring (bicyclic) bond motifs is 5. The van der Waals surface area contributed by atoms with Gasteiger partial charge in [-0.3, -0.25) is 0 Å². The summed E-state index contributed by atoms with van der Waals surface area (Å²) in [5.74, 6) is 4.94. The van der Waals surface area contributed by atoms with Crippen LogP contribution in [0.2, 0.25) is 0 Å². The second-order valence-electron chi connectivity index (χ2n) is 9.63. The lowest BCUT2D eigenvalue weighted by Crippen LogP contribution is -2.49. The highest BCUT2D eigenvalue weighted by Crippen LogP contribution is 2.66. The second-order valence-corrected chi connectivity index (χ2v) is 9.63. The van der Waals surface area contributed by atoms with Gasteiger partial charge in [-0.1, -0.05) is 39.3 Å². The summed E-state index contributed by atoms with van der Waals surface area (Å²) < 4.78 is 0. The lowest BCUT2D eigenvalue weighted by molar-refractivity contribution is -0.0411. The summed E-state index contributed by atoms with van der Waals surface area (Å²) in [5, 5.41) is 0. The first-order valence-electron chi connectivity index (χ1n) is 9.64. The molecular weight excluding hydrogens is 252 g/mol. The molecule has 4 aliphatic rings. The van der Waals surface area contributed by atoms with Crippen LogP contribution < -0.4 is 0 Å². The van der Waals surface area contributed by atoms with Gasteiger partial charge in [0.1, 0.15) is 0 Å². The zero-order chi connectivity index (χ0) is 14.8. The SMILES string of the molecule is CC1CC[C@@]2(C)C(=CCC3C2CC[C@@]2(C)C3CC[C@H]2C)C1. The van der Waals surface area contributed by atoms with Crippen molar-refractivity contribution in [2.75, 3.05) is 0 Å². The van der Waals surface area contributed by atoms with Gasteiger partial charge in [-0.25, -0.2) is 0 Å². The fourth-order valence-electron chi connectivity index (χ4n) is 7.11. The Balaban J connectivity index is 1.68. The van der Waals surface area contributed by atoms with Crippen molar-refractivity contribution in [3.05, 3.63) is 11.6 Å². The molecule has 0 nitrogen and oxygen atoms in total. The van der Waals surface area contributed by atoms with Crippen LogP contribution in [-0.4, -0.2) is 0 Å². The molecule has 0 aromatic carbocycles. The summed E-state index contributed by atoms with van der Waals surface area (Å²) >= 11 is 0. The fraction of sp³-hybridized carbons (Fsp3) is 0.905. The van der Waals surface area contributed by atoms with Gasteiger partial charge in [0.15, 0.2) is 0 Å². The normalized spacial score (nSPS) is 56.2. The lowest BCUT2D eigenvalue weighted by Gasteiger charge is -2.58. The molecule has 0 radical (unpaired) electrons. The van der Waals surface area contributed by atoms with E-state index in [4.69, 9.17) is 0 Å². The third-order valence-corrected chi connectivity index (χ3v) is 8.82. The molecule has 7 atom stereocenters. The maximum absolute atomic E-state index is 2.71. The van der Waals surface area contributed by atoms with E-state index < -0.39 is 0 Å². The topological polar surface area (TPSA) is 0 Å². The van der Waals surface area contributed by atoms with Crippen LogP contribution >= 0.6 is 0 Å². The molecule has 3 fully saturated rings. The van der Waals surface area contributed by atoms with Crippen molar-refractivity contribution in [3.63, 3.8) is 0 Å². The Labute approximate surface area is 131 Å². The number of hydrogen-bond donors (Lipinski definition) is 0. The molecule has 118 valence electrons. The van der Waals surface area contributed by atoms with E-state index in [0.29, 0.717) is 10.8 Å². The molecule has 4 aliphatic carbocycles. The molecule has 3 saturated carbocycles. The molecule has 0 heterocycles. The minimum Gasteiger partial charge on any atom is -0.0845 e. The van der Waals surface area contributed by atoms with Crippen molar-refractivity contribution < 1.29 is 0 Å². The largest absolute Gasteiger partial charge is 0.0845 e. The first-order valence-corrected chi connectivity index (χ1v) is 9.64. The highest BCUT2D eigenvalue weighted by Gasteiger charge is 2.57. The van der Waals surface area contributed by atoms with E-state index in [-0.39, 0.29) is 0 Å². The van der Waals surface area contributed by atoms with Gasteiger partial charge in [-0.2, -0.15) is 0 Å². The molecule has 0 N–H and O–H groups in total. The molecular formula is C21H34. The standard InChI is InChI=1S/C21H34/c1-14-9-11-21(4)16(13-14)6-7-17-18-8-5-15(2)20(18,3)12-10-19(17)21/h6,14-15,17-19H,5,7-13H2,1-4H3/t14?,15-,17?,18?,19?,20-,21+/m1/s1. The first kappa shape index (κ1) is 14.3. The molecule has 0 heteroatoms. The van der Waals surface area contributed by atoms with Gasteiger partial charge in [0.25, 0.3) is 0 Å². The van der Waals surface area contributed by atoms with Gasteiger partial charge in [0, 0.05) is 0 Å². The van der Waals surface area contributed by atoms with E-state index in [1.54, 1.807) is 0 Å². The highest BCUT2D eigenvalue weighted by atomic mass is 14.6.